The summed E-state index contributed by atoms with van der Waals surface area (Å²) >= 11 is 0. The molecule has 0 saturated heterocycles. The average Bonchev–Trinajstić information content (AvgIpc) is 2.28. The van der Waals surface area contributed by atoms with Gasteiger partial charge in [-0.1, -0.05) is 5.16 Å². The Morgan fingerprint density at radius 2 is 2.41 bits per heavy atom. The summed E-state index contributed by atoms with van der Waals surface area (Å²) in [5.41, 5.74) is 5.41. The lowest BCUT2D eigenvalue weighted by atomic mass is 10.2. The molecule has 1 atom stereocenters. The van der Waals surface area contributed by atoms with Gasteiger partial charge in [0.05, 0.1) is 11.8 Å². The number of hydrogen-bond donors (Lipinski definition) is 3. The van der Waals surface area contributed by atoms with Gasteiger partial charge in [0.15, 0.2) is 0 Å². The lowest BCUT2D eigenvalue weighted by molar-refractivity contribution is 0.0940. The molecule has 1 aromatic heterocycles. The number of aromatic nitrogens is 1. The number of nitrogens with two attached hydrogens (primary N) is 1. The van der Waals surface area contributed by atoms with Gasteiger partial charge in [-0.15, -0.1) is 0 Å². The van der Waals surface area contributed by atoms with Crippen molar-refractivity contribution in [1.82, 2.24) is 10.3 Å². The number of halogens is 1. The maximum atomic E-state index is 12.8. The second-order valence-corrected chi connectivity index (χ2v) is 3.56. The van der Waals surface area contributed by atoms with Crippen molar-refractivity contribution in [3.8, 4) is 0 Å². The number of nitrogens with zero attached hydrogens (tertiary/aromatic N) is 2. The second-order valence-electron chi connectivity index (χ2n) is 3.56. The predicted molar refractivity (Wildman–Crippen MR) is 59.1 cm³/mol. The maximum absolute atomic E-state index is 12.8. The molecule has 1 aromatic rings. The van der Waals surface area contributed by atoms with Crippen LogP contribution in [0.5, 0.6) is 0 Å². The molecule has 0 aromatic carbocycles. The molecule has 92 valence electrons. The summed E-state index contributed by atoms with van der Waals surface area (Å²) in [4.78, 5) is 15.2. The molecule has 7 heteroatoms. The summed E-state index contributed by atoms with van der Waals surface area (Å²) in [6, 6.07) is 0.750. The van der Waals surface area contributed by atoms with Gasteiger partial charge in [-0.05, 0) is 13.0 Å². The first kappa shape index (κ1) is 12.9. The van der Waals surface area contributed by atoms with Gasteiger partial charge in [0, 0.05) is 18.7 Å². The van der Waals surface area contributed by atoms with Crippen LogP contribution in [-0.2, 0) is 0 Å². The van der Waals surface area contributed by atoms with Crippen molar-refractivity contribution in [3.63, 3.8) is 0 Å². The van der Waals surface area contributed by atoms with Gasteiger partial charge in [0.2, 0.25) is 0 Å². The molecule has 0 aliphatic carbocycles. The van der Waals surface area contributed by atoms with Crippen LogP contribution in [-0.4, -0.2) is 28.0 Å². The monoisotopic (exact) mass is 240 g/mol. The Balaban J connectivity index is 2.60. The average molecular weight is 240 g/mol. The van der Waals surface area contributed by atoms with Crippen LogP contribution in [0.4, 0.5) is 4.39 Å². The van der Waals surface area contributed by atoms with Gasteiger partial charge in [-0.25, -0.2) is 4.39 Å². The highest BCUT2D eigenvalue weighted by molar-refractivity contribution is 5.94. The quantitative estimate of drug-likeness (QED) is 0.308. The number of rotatable bonds is 4. The predicted octanol–water partition coefficient (Wildman–Crippen LogP) is 0.475. The van der Waals surface area contributed by atoms with E-state index in [0.29, 0.717) is 0 Å². The molecule has 0 bridgehead atoms. The summed E-state index contributed by atoms with van der Waals surface area (Å²) in [7, 11) is 0. The van der Waals surface area contributed by atoms with Crippen LogP contribution in [0.2, 0.25) is 0 Å². The number of carbonyl (C=O) groups excluding carboxylic acids is 1. The van der Waals surface area contributed by atoms with Gasteiger partial charge in [0.25, 0.3) is 5.91 Å². The lowest BCUT2D eigenvalue weighted by Crippen LogP contribution is -2.35. The van der Waals surface area contributed by atoms with E-state index in [1.807, 2.05) is 0 Å². The van der Waals surface area contributed by atoms with Crippen LogP contribution >= 0.6 is 0 Å². The molecular weight excluding hydrogens is 227 g/mol. The molecule has 1 rings (SSSR count). The second kappa shape index (κ2) is 5.78. The Kier molecular flexibility index (Phi) is 4.38. The van der Waals surface area contributed by atoms with E-state index in [2.05, 4.69) is 15.5 Å². The zero-order valence-corrected chi connectivity index (χ0v) is 9.22. The molecule has 6 nitrogen and oxygen atoms in total. The topological polar surface area (TPSA) is 101 Å². The number of amidine groups is 1. The lowest BCUT2D eigenvalue weighted by Gasteiger charge is -2.12. The normalized spacial score (nSPS) is 13.2. The molecule has 0 saturated carbocycles. The molecule has 1 heterocycles. The number of hydrogen-bond acceptors (Lipinski definition) is 4. The highest BCUT2D eigenvalue weighted by atomic mass is 19.1. The van der Waals surface area contributed by atoms with E-state index in [-0.39, 0.29) is 23.9 Å². The smallest absolute Gasteiger partial charge is 0.253 e. The first-order valence-corrected chi connectivity index (χ1v) is 4.90. The fourth-order valence-corrected chi connectivity index (χ4v) is 1.25. The van der Waals surface area contributed by atoms with Crippen LogP contribution < -0.4 is 11.1 Å². The molecule has 4 N–H and O–H groups in total. The van der Waals surface area contributed by atoms with Crippen molar-refractivity contribution in [3.05, 3.63) is 29.8 Å². The van der Waals surface area contributed by atoms with Crippen LogP contribution in [0.25, 0.3) is 0 Å². The molecule has 0 aliphatic heterocycles. The SMILES string of the molecule is CC(C/C(N)=N/O)NC(=O)c1cncc(F)c1. The molecule has 1 unspecified atom stereocenters. The summed E-state index contributed by atoms with van der Waals surface area (Å²) in [5, 5.41) is 13.7. The third kappa shape index (κ3) is 4.06. The minimum Gasteiger partial charge on any atom is -0.409 e. The van der Waals surface area contributed by atoms with E-state index in [9.17, 15) is 9.18 Å². The third-order valence-corrected chi connectivity index (χ3v) is 1.99. The zero-order chi connectivity index (χ0) is 12.8. The molecule has 17 heavy (non-hydrogen) atoms. The molecular formula is C10H13FN4O2. The third-order valence-electron chi connectivity index (χ3n) is 1.99. The number of pyridine rings is 1. The molecule has 0 radical (unpaired) electrons. The first-order chi connectivity index (χ1) is 8.02. The van der Waals surface area contributed by atoms with E-state index in [4.69, 9.17) is 10.9 Å². The Hall–Kier alpha value is -2.18. The Morgan fingerprint density at radius 1 is 1.71 bits per heavy atom. The van der Waals surface area contributed by atoms with Crippen LogP contribution in [0.3, 0.4) is 0 Å². The number of amides is 1. The van der Waals surface area contributed by atoms with Crippen molar-refractivity contribution < 1.29 is 14.4 Å². The summed E-state index contributed by atoms with van der Waals surface area (Å²) in [6.07, 6.45) is 2.47. The van der Waals surface area contributed by atoms with Crippen molar-refractivity contribution in [2.45, 2.75) is 19.4 Å². The first-order valence-electron chi connectivity index (χ1n) is 4.90. The van der Waals surface area contributed by atoms with Gasteiger partial charge < -0.3 is 16.3 Å². The van der Waals surface area contributed by atoms with Gasteiger partial charge >= 0.3 is 0 Å². The van der Waals surface area contributed by atoms with Crippen LogP contribution in [0.15, 0.2) is 23.6 Å². The standard InChI is InChI=1S/C10H13FN4O2/c1-6(2-9(12)15-17)14-10(16)7-3-8(11)5-13-4-7/h3-6,17H,2H2,1H3,(H2,12,15)(H,14,16). The Morgan fingerprint density at radius 3 is 3.00 bits per heavy atom. The van der Waals surface area contributed by atoms with Crippen LogP contribution in [0, 0.1) is 5.82 Å². The summed E-state index contributed by atoms with van der Waals surface area (Å²) in [5.74, 6) is -1.04. The molecule has 1 amide bonds. The minimum absolute atomic E-state index is 0.00941. The summed E-state index contributed by atoms with van der Waals surface area (Å²) < 4.78 is 12.8. The van der Waals surface area contributed by atoms with Crippen molar-refractivity contribution in [1.29, 1.82) is 0 Å². The van der Waals surface area contributed by atoms with E-state index in [1.54, 1.807) is 6.92 Å². The van der Waals surface area contributed by atoms with Crippen molar-refractivity contribution in [2.24, 2.45) is 10.9 Å². The Labute approximate surface area is 97.3 Å². The van der Waals surface area contributed by atoms with E-state index in [1.165, 1.54) is 6.20 Å². The van der Waals surface area contributed by atoms with Crippen molar-refractivity contribution in [2.75, 3.05) is 0 Å². The maximum Gasteiger partial charge on any atom is 0.253 e. The number of nitrogens with one attached hydrogen (secondary N) is 1. The molecule has 0 spiro atoms. The Bertz CT molecular complexity index is 436. The summed E-state index contributed by atoms with van der Waals surface area (Å²) in [6.45, 7) is 1.68. The van der Waals surface area contributed by atoms with Gasteiger partial charge in [0.1, 0.15) is 11.7 Å². The highest BCUT2D eigenvalue weighted by Crippen LogP contribution is 2.02. The molecule has 0 aliphatic rings. The largest absolute Gasteiger partial charge is 0.409 e. The number of carbonyl (C=O) groups is 1. The van der Waals surface area contributed by atoms with E-state index in [0.717, 1.165) is 12.3 Å². The highest BCUT2D eigenvalue weighted by Gasteiger charge is 2.12. The van der Waals surface area contributed by atoms with Gasteiger partial charge in [-0.3, -0.25) is 9.78 Å². The fourth-order valence-electron chi connectivity index (χ4n) is 1.25. The molecule has 0 fully saturated rings. The van der Waals surface area contributed by atoms with E-state index >= 15 is 0 Å². The number of oxime groups is 1. The fraction of sp³-hybridized carbons (Fsp3) is 0.300. The van der Waals surface area contributed by atoms with E-state index < -0.39 is 11.7 Å². The van der Waals surface area contributed by atoms with Gasteiger partial charge in [-0.2, -0.15) is 0 Å². The van der Waals surface area contributed by atoms with Crippen LogP contribution in [0.1, 0.15) is 23.7 Å². The van der Waals surface area contributed by atoms with Crippen molar-refractivity contribution >= 4 is 11.7 Å². The zero-order valence-electron chi connectivity index (χ0n) is 9.22. The minimum atomic E-state index is -0.582.